The minimum atomic E-state index is -1.58. The van der Waals surface area contributed by atoms with Crippen molar-refractivity contribution in [2.75, 3.05) is 0 Å². The van der Waals surface area contributed by atoms with Crippen LogP contribution in [0.15, 0.2) is 18.2 Å². The number of rotatable bonds is 3. The lowest BCUT2D eigenvalue weighted by Crippen LogP contribution is -2.45. The highest BCUT2D eigenvalue weighted by Crippen LogP contribution is 2.44. The maximum Gasteiger partial charge on any atom is 0.355 e. The molecule has 0 spiro atoms. The normalized spacial score (nSPS) is 18.5. The number of carbonyl (C=O) groups is 2. The zero-order valence-corrected chi connectivity index (χ0v) is 19.3. The number of aryl methyl sites for hydroxylation is 1. The molecule has 2 aliphatic rings. The van der Waals surface area contributed by atoms with E-state index in [0.29, 0.717) is 44.8 Å². The molecular weight excluding hydrogens is 445 g/mol. The van der Waals surface area contributed by atoms with Crippen molar-refractivity contribution >= 4 is 35.1 Å². The molecule has 2 N–H and O–H groups in total. The van der Waals surface area contributed by atoms with Crippen molar-refractivity contribution in [2.45, 2.75) is 52.5 Å². The number of nitrogens with two attached hydrogens (primary N) is 1. The fraction of sp³-hybridized carbons (Fsp3) is 0.333. The van der Waals surface area contributed by atoms with Gasteiger partial charge in [0.05, 0.1) is 23.4 Å². The van der Waals surface area contributed by atoms with Crippen LogP contribution in [-0.2, 0) is 44.4 Å². The first kappa shape index (κ1) is 21.7. The van der Waals surface area contributed by atoms with E-state index in [9.17, 15) is 14.0 Å². The molecule has 0 bridgehead atoms. The molecule has 170 valence electrons. The molecule has 1 atom stereocenters. The molecule has 0 amide bonds. The van der Waals surface area contributed by atoms with Crippen molar-refractivity contribution in [2.24, 2.45) is 5.73 Å². The van der Waals surface area contributed by atoms with E-state index in [-0.39, 0.29) is 25.4 Å². The molecule has 2 aliphatic heterocycles. The number of fused-ring (bicyclic) bond motifs is 5. The van der Waals surface area contributed by atoms with E-state index < -0.39 is 17.5 Å². The van der Waals surface area contributed by atoms with Crippen molar-refractivity contribution in [3.05, 3.63) is 56.5 Å². The van der Waals surface area contributed by atoms with Crippen molar-refractivity contribution in [1.82, 2.24) is 9.55 Å². The molecule has 0 unspecified atom stereocenters. The topological polar surface area (TPSA) is 96.4 Å². The zero-order valence-electron chi connectivity index (χ0n) is 18.5. The van der Waals surface area contributed by atoms with Gasteiger partial charge in [-0.15, -0.1) is 0 Å². The maximum absolute atomic E-state index is 14.3. The fourth-order valence-electron chi connectivity index (χ4n) is 4.93. The van der Waals surface area contributed by atoms with E-state index in [0.717, 1.165) is 16.5 Å². The number of hydrogen-bond acceptors (Lipinski definition) is 7. The van der Waals surface area contributed by atoms with Crippen LogP contribution in [0.2, 0.25) is 0 Å². The van der Waals surface area contributed by atoms with Gasteiger partial charge in [0.1, 0.15) is 17.1 Å². The number of aromatic nitrogens is 2. The summed E-state index contributed by atoms with van der Waals surface area (Å²) in [5, 5.41) is 0.806. The number of benzene rings is 1. The van der Waals surface area contributed by atoms with Crippen LogP contribution >= 0.6 is 12.2 Å². The summed E-state index contributed by atoms with van der Waals surface area (Å²) < 4.78 is 27.7. The largest absolute Gasteiger partial charge is 0.457 e. The second kappa shape index (κ2) is 7.43. The van der Waals surface area contributed by atoms with Gasteiger partial charge in [0.25, 0.3) is 0 Å². The highest BCUT2D eigenvalue weighted by atomic mass is 32.1. The van der Waals surface area contributed by atoms with Crippen molar-refractivity contribution < 1.29 is 23.5 Å². The van der Waals surface area contributed by atoms with Gasteiger partial charge in [-0.3, -0.25) is 4.79 Å². The number of esters is 2. The van der Waals surface area contributed by atoms with Crippen molar-refractivity contribution in [3.63, 3.8) is 0 Å². The molecule has 0 aliphatic carbocycles. The van der Waals surface area contributed by atoms with Gasteiger partial charge in [0, 0.05) is 41.6 Å². The predicted molar refractivity (Wildman–Crippen MR) is 121 cm³/mol. The number of cyclic esters (lactones) is 1. The maximum atomic E-state index is 14.3. The quantitative estimate of drug-likeness (QED) is 0.360. The molecule has 4 heterocycles. The van der Waals surface area contributed by atoms with Crippen LogP contribution in [0.4, 0.5) is 4.39 Å². The molecule has 2 aromatic heterocycles. The number of halogens is 1. The standard InChI is InChI=1S/C24H22FN3O4S/c1-4-24(32-12(3)29)17-6-20-21-15(9-28(20)22(33)16(17)10-31-23(24)30)14(8-26)13-5-11(2)18(25)7-19(13)27-21/h5-7H,4,8-10,26H2,1-3H3/t24-/m0/s1. The SMILES string of the molecule is CC[C@@]1(OC(C)=O)C(=O)OCc2c1cc1n(c2=S)Cc2c-1nc1cc(F)c(C)cc1c2CN. The highest BCUT2D eigenvalue weighted by molar-refractivity contribution is 7.71. The van der Waals surface area contributed by atoms with Crippen LogP contribution in [0.5, 0.6) is 0 Å². The Balaban J connectivity index is 1.83. The number of nitrogens with zero attached hydrogens (tertiary/aromatic N) is 2. The van der Waals surface area contributed by atoms with Gasteiger partial charge in [-0.05, 0) is 36.6 Å². The van der Waals surface area contributed by atoms with Gasteiger partial charge in [-0.1, -0.05) is 19.1 Å². The smallest absolute Gasteiger partial charge is 0.355 e. The third-order valence-electron chi connectivity index (χ3n) is 6.58. The van der Waals surface area contributed by atoms with E-state index in [1.165, 1.54) is 13.0 Å². The fourth-order valence-corrected chi connectivity index (χ4v) is 5.26. The Morgan fingerprint density at radius 2 is 2.12 bits per heavy atom. The van der Waals surface area contributed by atoms with Crippen molar-refractivity contribution in [1.29, 1.82) is 0 Å². The molecular formula is C24H22FN3O4S. The van der Waals surface area contributed by atoms with Gasteiger partial charge in [-0.25, -0.2) is 14.2 Å². The average molecular weight is 468 g/mol. The molecule has 5 rings (SSSR count). The van der Waals surface area contributed by atoms with Gasteiger partial charge >= 0.3 is 11.9 Å². The second-order valence-corrected chi connectivity index (χ2v) is 8.79. The van der Waals surface area contributed by atoms with Crippen molar-refractivity contribution in [3.8, 4) is 11.4 Å². The van der Waals surface area contributed by atoms with Gasteiger partial charge in [-0.2, -0.15) is 0 Å². The number of hydrogen-bond donors (Lipinski definition) is 1. The molecule has 0 fully saturated rings. The van der Waals surface area contributed by atoms with Crippen LogP contribution in [-0.4, -0.2) is 21.5 Å². The first-order chi connectivity index (χ1) is 15.7. The Morgan fingerprint density at radius 1 is 1.36 bits per heavy atom. The Labute approximate surface area is 194 Å². The molecule has 9 heteroatoms. The Bertz CT molecular complexity index is 1450. The minimum absolute atomic E-state index is 0.00377. The summed E-state index contributed by atoms with van der Waals surface area (Å²) in [7, 11) is 0. The number of ether oxygens (including phenoxy) is 2. The Hall–Kier alpha value is -3.17. The van der Waals surface area contributed by atoms with Crippen LogP contribution in [0.25, 0.3) is 22.3 Å². The van der Waals surface area contributed by atoms with E-state index in [1.54, 1.807) is 26.0 Å². The van der Waals surface area contributed by atoms with Gasteiger partial charge < -0.3 is 19.8 Å². The monoisotopic (exact) mass is 467 g/mol. The summed E-state index contributed by atoms with van der Waals surface area (Å²) in [6.07, 6.45) is 0.188. The molecule has 3 aromatic rings. The third kappa shape index (κ3) is 2.95. The summed E-state index contributed by atoms with van der Waals surface area (Å²) in [6.45, 7) is 5.40. The molecule has 0 radical (unpaired) electrons. The Morgan fingerprint density at radius 3 is 2.79 bits per heavy atom. The molecule has 33 heavy (non-hydrogen) atoms. The molecule has 0 saturated heterocycles. The number of carbonyl (C=O) groups excluding carboxylic acids is 2. The second-order valence-electron chi connectivity index (χ2n) is 8.40. The highest BCUT2D eigenvalue weighted by Gasteiger charge is 2.49. The average Bonchev–Trinajstić information content (AvgIpc) is 3.13. The van der Waals surface area contributed by atoms with E-state index in [2.05, 4.69) is 0 Å². The van der Waals surface area contributed by atoms with E-state index >= 15 is 0 Å². The summed E-state index contributed by atoms with van der Waals surface area (Å²) >= 11 is 5.80. The van der Waals surface area contributed by atoms with E-state index in [4.69, 9.17) is 32.4 Å². The van der Waals surface area contributed by atoms with E-state index in [1.807, 2.05) is 4.57 Å². The van der Waals surface area contributed by atoms with Gasteiger partial charge in [0.15, 0.2) is 0 Å². The first-order valence-electron chi connectivity index (χ1n) is 10.7. The first-order valence-corrected chi connectivity index (χ1v) is 11.1. The van der Waals surface area contributed by atoms with Crippen LogP contribution in [0.3, 0.4) is 0 Å². The number of pyridine rings is 2. The lowest BCUT2D eigenvalue weighted by atomic mass is 9.85. The molecule has 1 aromatic carbocycles. The van der Waals surface area contributed by atoms with Gasteiger partial charge in [0.2, 0.25) is 5.60 Å². The van der Waals surface area contributed by atoms with Crippen LogP contribution in [0.1, 0.15) is 48.1 Å². The predicted octanol–water partition coefficient (Wildman–Crippen LogP) is 3.93. The van der Waals surface area contributed by atoms with Crippen LogP contribution in [0, 0.1) is 17.4 Å². The molecule has 0 saturated carbocycles. The summed E-state index contributed by atoms with van der Waals surface area (Å²) in [5.41, 5.74) is 9.79. The lowest BCUT2D eigenvalue weighted by Gasteiger charge is -2.35. The Kier molecular flexibility index (Phi) is 4.88. The molecule has 7 nitrogen and oxygen atoms in total. The summed E-state index contributed by atoms with van der Waals surface area (Å²) in [6, 6.07) is 4.97. The van der Waals surface area contributed by atoms with Crippen LogP contribution < -0.4 is 5.73 Å². The minimum Gasteiger partial charge on any atom is -0.457 e. The zero-order chi connectivity index (χ0) is 23.7. The lowest BCUT2D eigenvalue weighted by molar-refractivity contribution is -0.188. The third-order valence-corrected chi connectivity index (χ3v) is 7.04. The summed E-state index contributed by atoms with van der Waals surface area (Å²) in [4.78, 5) is 29.5. The summed E-state index contributed by atoms with van der Waals surface area (Å²) in [5.74, 6) is -1.57.